The van der Waals surface area contributed by atoms with Gasteiger partial charge in [-0.15, -0.1) is 0 Å². The smallest absolute Gasteiger partial charge is 0.153 e. The van der Waals surface area contributed by atoms with E-state index in [1.807, 2.05) is 78.9 Å². The molecule has 0 aromatic heterocycles. The molecule has 0 N–H and O–H groups in total. The van der Waals surface area contributed by atoms with E-state index in [9.17, 15) is 4.79 Å². The van der Waals surface area contributed by atoms with Gasteiger partial charge in [0.25, 0.3) is 0 Å². The minimum atomic E-state index is -0.247. The third-order valence-corrected chi connectivity index (χ3v) is 3.50. The van der Waals surface area contributed by atoms with Crippen molar-refractivity contribution in [3.8, 4) is 5.75 Å². The second kappa shape index (κ2) is 6.72. The first-order valence-electron chi connectivity index (χ1n) is 7.19. The molecule has 0 saturated heterocycles. The molecule has 0 spiro atoms. The van der Waals surface area contributed by atoms with E-state index in [2.05, 4.69) is 0 Å². The van der Waals surface area contributed by atoms with Gasteiger partial charge in [-0.2, -0.15) is 0 Å². The Kier molecular flexibility index (Phi) is 4.30. The third kappa shape index (κ3) is 3.07. The van der Waals surface area contributed by atoms with Crippen LogP contribution in [0.3, 0.4) is 0 Å². The van der Waals surface area contributed by atoms with E-state index in [-0.39, 0.29) is 6.10 Å². The molecule has 2 heteroatoms. The number of hydrogen-bond acceptors (Lipinski definition) is 2. The van der Waals surface area contributed by atoms with Crippen LogP contribution >= 0.6 is 0 Å². The molecule has 3 rings (SSSR count). The lowest BCUT2D eigenvalue weighted by molar-refractivity contribution is 0.111. The highest BCUT2D eigenvalue weighted by Gasteiger charge is 2.17. The molecule has 3 aromatic carbocycles. The summed E-state index contributed by atoms with van der Waals surface area (Å²) >= 11 is 0. The van der Waals surface area contributed by atoms with Crippen LogP contribution in [0.15, 0.2) is 84.9 Å². The van der Waals surface area contributed by atoms with Crippen LogP contribution in [0.2, 0.25) is 0 Å². The molecule has 0 atom stereocenters. The lowest BCUT2D eigenvalue weighted by Crippen LogP contribution is -2.10. The van der Waals surface area contributed by atoms with Crippen LogP contribution in [0, 0.1) is 0 Å². The molecule has 0 aliphatic carbocycles. The summed E-state index contributed by atoms with van der Waals surface area (Å²) in [5.74, 6) is 0.593. The molecule has 0 amide bonds. The lowest BCUT2D eigenvalue weighted by Gasteiger charge is -2.21. The minimum absolute atomic E-state index is 0.247. The molecule has 0 unspecified atom stereocenters. The Hall–Kier alpha value is -2.87. The Labute approximate surface area is 130 Å². The maximum Gasteiger partial charge on any atom is 0.153 e. The van der Waals surface area contributed by atoms with E-state index in [4.69, 9.17) is 4.74 Å². The van der Waals surface area contributed by atoms with Gasteiger partial charge in [0.1, 0.15) is 11.9 Å². The normalized spacial score (nSPS) is 10.4. The molecule has 0 saturated carbocycles. The van der Waals surface area contributed by atoms with Crippen molar-refractivity contribution in [1.29, 1.82) is 0 Å². The van der Waals surface area contributed by atoms with Crippen molar-refractivity contribution in [1.82, 2.24) is 0 Å². The summed E-state index contributed by atoms with van der Waals surface area (Å²) in [6.07, 6.45) is 0.575. The van der Waals surface area contributed by atoms with Gasteiger partial charge in [-0.05, 0) is 23.3 Å². The first-order valence-corrected chi connectivity index (χ1v) is 7.19. The number of rotatable bonds is 5. The molecule has 0 aliphatic rings. The molecule has 3 aromatic rings. The Balaban J connectivity index is 2.01. The van der Waals surface area contributed by atoms with Crippen LogP contribution in [0.4, 0.5) is 0 Å². The average Bonchev–Trinajstić information content (AvgIpc) is 2.61. The molecule has 0 heterocycles. The highest BCUT2D eigenvalue weighted by molar-refractivity contribution is 5.79. The SMILES string of the molecule is O=Cc1ccccc1OC(c1ccccc1)c1ccccc1. The average molecular weight is 288 g/mol. The van der Waals surface area contributed by atoms with E-state index in [1.54, 1.807) is 6.07 Å². The standard InChI is InChI=1S/C20H16O2/c21-15-18-13-7-8-14-19(18)22-20(16-9-3-1-4-10-16)17-11-5-2-6-12-17/h1-15,20H. The van der Waals surface area contributed by atoms with Gasteiger partial charge >= 0.3 is 0 Å². The van der Waals surface area contributed by atoms with Crippen LogP contribution in [-0.4, -0.2) is 6.29 Å². The quantitative estimate of drug-likeness (QED) is 0.638. The number of benzene rings is 3. The summed E-state index contributed by atoms with van der Waals surface area (Å²) in [6, 6.07) is 27.3. The van der Waals surface area contributed by atoms with E-state index in [1.165, 1.54) is 0 Å². The fraction of sp³-hybridized carbons (Fsp3) is 0.0500. The van der Waals surface area contributed by atoms with Gasteiger partial charge < -0.3 is 4.74 Å². The summed E-state index contributed by atoms with van der Waals surface area (Å²) in [7, 11) is 0. The summed E-state index contributed by atoms with van der Waals surface area (Å²) in [6.45, 7) is 0. The second-order valence-corrected chi connectivity index (χ2v) is 4.97. The zero-order valence-electron chi connectivity index (χ0n) is 12.1. The molecule has 0 radical (unpaired) electrons. The molecular weight excluding hydrogens is 272 g/mol. The van der Waals surface area contributed by atoms with Crippen molar-refractivity contribution >= 4 is 6.29 Å². The maximum atomic E-state index is 11.2. The first kappa shape index (κ1) is 14.1. The lowest BCUT2D eigenvalue weighted by atomic mass is 10.0. The fourth-order valence-electron chi connectivity index (χ4n) is 2.40. The molecule has 22 heavy (non-hydrogen) atoms. The topological polar surface area (TPSA) is 26.3 Å². The second-order valence-electron chi connectivity index (χ2n) is 4.97. The van der Waals surface area contributed by atoms with Crippen molar-refractivity contribution in [2.75, 3.05) is 0 Å². The zero-order chi connectivity index (χ0) is 15.2. The Bertz CT molecular complexity index is 696. The Morgan fingerprint density at radius 2 is 1.18 bits per heavy atom. The number of aldehydes is 1. The summed E-state index contributed by atoms with van der Waals surface area (Å²) in [4.78, 5) is 11.2. The van der Waals surface area contributed by atoms with E-state index in [0.29, 0.717) is 11.3 Å². The number of hydrogen-bond donors (Lipinski definition) is 0. The summed E-state index contributed by atoms with van der Waals surface area (Å²) in [5, 5.41) is 0. The largest absolute Gasteiger partial charge is 0.480 e. The number of ether oxygens (including phenoxy) is 1. The molecule has 2 nitrogen and oxygen atoms in total. The van der Waals surface area contributed by atoms with E-state index < -0.39 is 0 Å². The van der Waals surface area contributed by atoms with Gasteiger partial charge in [-0.3, -0.25) is 4.79 Å². The summed E-state index contributed by atoms with van der Waals surface area (Å²) in [5.41, 5.74) is 2.66. The first-order chi connectivity index (χ1) is 10.9. The Morgan fingerprint density at radius 3 is 1.73 bits per heavy atom. The monoisotopic (exact) mass is 288 g/mol. The van der Waals surface area contributed by atoms with Gasteiger partial charge in [0.2, 0.25) is 0 Å². The van der Waals surface area contributed by atoms with Gasteiger partial charge in [0.05, 0.1) is 5.56 Å². The molecular formula is C20H16O2. The Morgan fingerprint density at radius 1 is 0.682 bits per heavy atom. The van der Waals surface area contributed by atoms with Gasteiger partial charge in [-0.1, -0.05) is 72.8 Å². The van der Waals surface area contributed by atoms with Crippen LogP contribution in [-0.2, 0) is 0 Å². The highest BCUT2D eigenvalue weighted by Crippen LogP contribution is 2.29. The van der Waals surface area contributed by atoms with E-state index in [0.717, 1.165) is 17.4 Å². The molecule has 0 bridgehead atoms. The fourth-order valence-corrected chi connectivity index (χ4v) is 2.40. The molecule has 108 valence electrons. The van der Waals surface area contributed by atoms with Crippen molar-refractivity contribution in [2.24, 2.45) is 0 Å². The maximum absolute atomic E-state index is 11.2. The zero-order valence-corrected chi connectivity index (χ0v) is 12.1. The molecule has 0 aliphatic heterocycles. The van der Waals surface area contributed by atoms with Crippen molar-refractivity contribution in [3.05, 3.63) is 102 Å². The predicted molar refractivity (Wildman–Crippen MR) is 87.2 cm³/mol. The van der Waals surface area contributed by atoms with Gasteiger partial charge in [0.15, 0.2) is 6.29 Å². The van der Waals surface area contributed by atoms with Crippen molar-refractivity contribution in [3.63, 3.8) is 0 Å². The van der Waals surface area contributed by atoms with Gasteiger partial charge in [-0.25, -0.2) is 0 Å². The highest BCUT2D eigenvalue weighted by atomic mass is 16.5. The van der Waals surface area contributed by atoms with Crippen LogP contribution in [0.1, 0.15) is 27.6 Å². The van der Waals surface area contributed by atoms with Crippen molar-refractivity contribution < 1.29 is 9.53 Å². The summed E-state index contributed by atoms with van der Waals surface area (Å²) < 4.78 is 6.18. The van der Waals surface area contributed by atoms with Crippen LogP contribution < -0.4 is 4.74 Å². The molecule has 0 fully saturated rings. The predicted octanol–water partition coefficient (Wildman–Crippen LogP) is 4.67. The van der Waals surface area contributed by atoms with Crippen LogP contribution in [0.25, 0.3) is 0 Å². The minimum Gasteiger partial charge on any atom is -0.480 e. The van der Waals surface area contributed by atoms with Gasteiger partial charge in [0, 0.05) is 0 Å². The van der Waals surface area contributed by atoms with Crippen LogP contribution in [0.5, 0.6) is 5.75 Å². The number of carbonyl (C=O) groups excluding carboxylic acids is 1. The number of para-hydroxylation sites is 1. The van der Waals surface area contributed by atoms with E-state index >= 15 is 0 Å². The van der Waals surface area contributed by atoms with Crippen molar-refractivity contribution in [2.45, 2.75) is 6.10 Å². The number of carbonyl (C=O) groups is 1. The third-order valence-electron chi connectivity index (χ3n) is 3.50.